The molecule has 1 aliphatic rings. The number of rotatable bonds is 6. The van der Waals surface area contributed by atoms with Crippen LogP contribution < -0.4 is 16.2 Å². The molecule has 0 aliphatic carbocycles. The van der Waals surface area contributed by atoms with Crippen molar-refractivity contribution in [1.29, 1.82) is 0 Å². The number of piperidine rings is 1. The second-order valence-corrected chi connectivity index (χ2v) is 7.46. The van der Waals surface area contributed by atoms with Crippen LogP contribution in [0.25, 0.3) is 0 Å². The Morgan fingerprint density at radius 3 is 2.81 bits per heavy atom. The van der Waals surface area contributed by atoms with Crippen molar-refractivity contribution in [2.45, 2.75) is 31.0 Å². The number of nitrogens with one attached hydrogen (secondary N) is 2. The lowest BCUT2D eigenvalue weighted by molar-refractivity contribution is 0.0953. The zero-order valence-corrected chi connectivity index (χ0v) is 17.1. The lowest BCUT2D eigenvalue weighted by Crippen LogP contribution is -2.38. The number of hydrogen-bond donors (Lipinski definition) is 2. The molecule has 3 rings (SSSR count). The minimum Gasteiger partial charge on any atom is -0.351 e. The molecule has 0 aromatic carbocycles. The molecule has 8 nitrogen and oxygen atoms in total. The first-order chi connectivity index (χ1) is 12.6. The normalized spacial score (nSPS) is 14.6. The molecule has 0 unspecified atom stereocenters. The van der Waals surface area contributed by atoms with E-state index in [4.69, 9.17) is 0 Å². The average Bonchev–Trinajstić information content (AvgIpc) is 3.04. The Hall–Kier alpha value is -1.84. The van der Waals surface area contributed by atoms with E-state index in [9.17, 15) is 9.59 Å². The number of carbonyl (C=O) groups is 1. The molecule has 148 valence electrons. The molecule has 27 heavy (non-hydrogen) atoms. The third kappa shape index (κ3) is 5.12. The summed E-state index contributed by atoms with van der Waals surface area (Å²) < 4.78 is 3.54. The quantitative estimate of drug-likeness (QED) is 0.546. The van der Waals surface area contributed by atoms with E-state index in [1.54, 1.807) is 17.8 Å². The van der Waals surface area contributed by atoms with Gasteiger partial charge in [0, 0.05) is 31.6 Å². The second kappa shape index (κ2) is 9.91. The predicted octanol–water partition coefficient (Wildman–Crippen LogP) is 1.15. The summed E-state index contributed by atoms with van der Waals surface area (Å²) >= 11 is 1.51. The van der Waals surface area contributed by atoms with Crippen molar-refractivity contribution in [2.75, 3.05) is 25.4 Å². The number of halogens is 1. The third-order valence-corrected chi connectivity index (χ3v) is 5.58. The van der Waals surface area contributed by atoms with Gasteiger partial charge in [0.2, 0.25) is 0 Å². The summed E-state index contributed by atoms with van der Waals surface area (Å²) in [4.78, 5) is 25.4. The van der Waals surface area contributed by atoms with Crippen LogP contribution in [0.1, 0.15) is 34.8 Å². The number of carbonyl (C=O) groups excluding carboxylic acids is 1. The molecule has 1 fully saturated rings. The Morgan fingerprint density at radius 1 is 1.41 bits per heavy atom. The fraction of sp³-hybridized carbons (Fsp3) is 0.529. The van der Waals surface area contributed by atoms with Crippen molar-refractivity contribution in [2.24, 2.45) is 7.05 Å². The van der Waals surface area contributed by atoms with E-state index >= 15 is 0 Å². The standard InChI is InChI=1S/C17H24N6O2S.ClH/c1-12-5-9-23(13-3-6-18-7-4-13)16(25)14(12)15(24)19-8-10-26-17-21-20-11-22(17)2;/h5,9,11,13,18H,3-4,6-8,10H2,1-2H3,(H,19,24);1H. The smallest absolute Gasteiger partial charge is 0.263 e. The van der Waals surface area contributed by atoms with Gasteiger partial charge in [-0.25, -0.2) is 0 Å². The van der Waals surface area contributed by atoms with Crippen molar-refractivity contribution in [3.8, 4) is 0 Å². The highest BCUT2D eigenvalue weighted by molar-refractivity contribution is 7.99. The molecular formula is C17H25ClN6O2S. The topological polar surface area (TPSA) is 93.8 Å². The van der Waals surface area contributed by atoms with E-state index < -0.39 is 0 Å². The molecule has 0 saturated carbocycles. The molecule has 0 atom stereocenters. The van der Waals surface area contributed by atoms with Gasteiger partial charge in [-0.3, -0.25) is 9.59 Å². The fourth-order valence-electron chi connectivity index (χ4n) is 3.09. The molecule has 10 heteroatoms. The third-order valence-electron chi connectivity index (χ3n) is 4.55. The van der Waals surface area contributed by atoms with Gasteiger partial charge in [0.05, 0.1) is 0 Å². The maximum absolute atomic E-state index is 12.8. The molecular weight excluding hydrogens is 388 g/mol. The molecule has 0 radical (unpaired) electrons. The van der Waals surface area contributed by atoms with Crippen molar-refractivity contribution >= 4 is 30.1 Å². The van der Waals surface area contributed by atoms with E-state index in [-0.39, 0.29) is 35.5 Å². The lowest BCUT2D eigenvalue weighted by atomic mass is 10.0. The van der Waals surface area contributed by atoms with Crippen molar-refractivity contribution < 1.29 is 4.79 Å². The number of nitrogens with zero attached hydrogens (tertiary/aromatic N) is 4. The molecule has 2 aromatic heterocycles. The molecule has 2 aromatic rings. The van der Waals surface area contributed by atoms with E-state index in [0.29, 0.717) is 17.9 Å². The molecule has 0 bridgehead atoms. The van der Waals surface area contributed by atoms with Gasteiger partial charge in [-0.2, -0.15) is 0 Å². The summed E-state index contributed by atoms with van der Waals surface area (Å²) in [6, 6.07) is 2.01. The molecule has 0 spiro atoms. The van der Waals surface area contributed by atoms with Crippen molar-refractivity contribution in [3.05, 3.63) is 40.1 Å². The highest BCUT2D eigenvalue weighted by Crippen LogP contribution is 2.17. The lowest BCUT2D eigenvalue weighted by Gasteiger charge is -2.25. The van der Waals surface area contributed by atoms with Crippen LogP contribution >= 0.6 is 24.2 Å². The first kappa shape index (κ1) is 21.5. The number of hydrogen-bond acceptors (Lipinski definition) is 6. The van der Waals surface area contributed by atoms with Crippen LogP contribution in [0.5, 0.6) is 0 Å². The van der Waals surface area contributed by atoms with E-state index in [0.717, 1.165) is 31.1 Å². The van der Waals surface area contributed by atoms with Crippen LogP contribution in [-0.2, 0) is 7.05 Å². The minimum absolute atomic E-state index is 0. The Labute approximate surface area is 168 Å². The van der Waals surface area contributed by atoms with Gasteiger partial charge in [-0.05, 0) is 44.5 Å². The molecule has 3 heterocycles. The van der Waals surface area contributed by atoms with Crippen LogP contribution in [-0.4, -0.2) is 50.6 Å². The van der Waals surface area contributed by atoms with Crippen molar-refractivity contribution in [3.63, 3.8) is 0 Å². The zero-order valence-electron chi connectivity index (χ0n) is 15.5. The summed E-state index contributed by atoms with van der Waals surface area (Å²) in [5, 5.41) is 14.7. The maximum atomic E-state index is 12.8. The van der Waals surface area contributed by atoms with Gasteiger partial charge in [-0.15, -0.1) is 22.6 Å². The largest absolute Gasteiger partial charge is 0.351 e. The monoisotopic (exact) mass is 412 g/mol. The average molecular weight is 413 g/mol. The SMILES string of the molecule is Cc1ccn(C2CCNCC2)c(=O)c1C(=O)NCCSc1nncn1C.Cl. The number of aromatic nitrogens is 4. The van der Waals surface area contributed by atoms with Crippen LogP contribution in [0.2, 0.25) is 0 Å². The summed E-state index contributed by atoms with van der Waals surface area (Å²) in [5.41, 5.74) is 0.753. The Kier molecular flexibility index (Phi) is 7.88. The van der Waals surface area contributed by atoms with Gasteiger partial charge < -0.3 is 19.8 Å². The van der Waals surface area contributed by atoms with Crippen LogP contribution in [0.4, 0.5) is 0 Å². The fourth-order valence-corrected chi connectivity index (χ4v) is 3.83. The number of aryl methyl sites for hydroxylation is 2. The predicted molar refractivity (Wildman–Crippen MR) is 108 cm³/mol. The molecule has 1 amide bonds. The first-order valence-corrected chi connectivity index (χ1v) is 9.74. The Bertz CT molecular complexity index is 831. The van der Waals surface area contributed by atoms with Gasteiger partial charge >= 0.3 is 0 Å². The molecule has 1 saturated heterocycles. The molecule has 1 aliphatic heterocycles. The van der Waals surface area contributed by atoms with Gasteiger partial charge in [0.1, 0.15) is 11.9 Å². The Balaban J connectivity index is 0.00000261. The highest BCUT2D eigenvalue weighted by atomic mass is 35.5. The van der Waals surface area contributed by atoms with Gasteiger partial charge in [-0.1, -0.05) is 11.8 Å². The number of pyridine rings is 1. The van der Waals surface area contributed by atoms with E-state index in [1.807, 2.05) is 23.9 Å². The van der Waals surface area contributed by atoms with Crippen LogP contribution in [0.15, 0.2) is 28.5 Å². The highest BCUT2D eigenvalue weighted by Gasteiger charge is 2.21. The van der Waals surface area contributed by atoms with Crippen molar-refractivity contribution in [1.82, 2.24) is 30.0 Å². The first-order valence-electron chi connectivity index (χ1n) is 8.75. The minimum atomic E-state index is -0.311. The van der Waals surface area contributed by atoms with E-state index in [2.05, 4.69) is 20.8 Å². The van der Waals surface area contributed by atoms with Gasteiger partial charge in [0.25, 0.3) is 11.5 Å². The van der Waals surface area contributed by atoms with Crippen LogP contribution in [0, 0.1) is 6.92 Å². The van der Waals surface area contributed by atoms with Crippen LogP contribution in [0.3, 0.4) is 0 Å². The molecule has 2 N–H and O–H groups in total. The maximum Gasteiger partial charge on any atom is 0.263 e. The number of amides is 1. The summed E-state index contributed by atoms with van der Waals surface area (Å²) in [5.74, 6) is 0.349. The second-order valence-electron chi connectivity index (χ2n) is 6.40. The van der Waals surface area contributed by atoms with Gasteiger partial charge in [0.15, 0.2) is 5.16 Å². The summed E-state index contributed by atoms with van der Waals surface area (Å²) in [7, 11) is 1.87. The summed E-state index contributed by atoms with van der Waals surface area (Å²) in [6.07, 6.45) is 5.25. The summed E-state index contributed by atoms with van der Waals surface area (Å²) in [6.45, 7) is 4.05. The Morgan fingerprint density at radius 2 is 2.15 bits per heavy atom. The van der Waals surface area contributed by atoms with E-state index in [1.165, 1.54) is 11.8 Å². The number of thioether (sulfide) groups is 1. The zero-order chi connectivity index (χ0) is 18.5.